The molecule has 0 saturated heterocycles. The lowest BCUT2D eigenvalue weighted by Crippen LogP contribution is -2.12. The second-order valence-electron chi connectivity index (χ2n) is 3.29. The van der Waals surface area contributed by atoms with E-state index in [9.17, 15) is 4.79 Å². The zero-order chi connectivity index (χ0) is 10.7. The summed E-state index contributed by atoms with van der Waals surface area (Å²) < 4.78 is 0. The predicted molar refractivity (Wildman–Crippen MR) is 61.4 cm³/mol. The average molecular weight is 220 g/mol. The maximum Gasteiger partial charge on any atom is 0.251 e. The van der Waals surface area contributed by atoms with Gasteiger partial charge in [-0.2, -0.15) is 0 Å². The van der Waals surface area contributed by atoms with Crippen LogP contribution < -0.4 is 5.56 Å². The number of hydrogen-bond donors (Lipinski definition) is 1. The molecule has 0 aliphatic carbocycles. The molecule has 3 nitrogen and oxygen atoms in total. The van der Waals surface area contributed by atoms with Gasteiger partial charge in [0, 0.05) is 23.1 Å². The first-order valence-corrected chi connectivity index (χ1v) is 5.77. The summed E-state index contributed by atoms with van der Waals surface area (Å²) in [6.45, 7) is 2.00. The summed E-state index contributed by atoms with van der Waals surface area (Å²) in [7, 11) is 0. The molecule has 0 amide bonds. The number of hydrogen-bond acceptors (Lipinski definition) is 3. The van der Waals surface area contributed by atoms with Crippen molar-refractivity contribution in [3.05, 3.63) is 50.3 Å². The Labute approximate surface area is 91.8 Å². The van der Waals surface area contributed by atoms with Crippen molar-refractivity contribution in [2.24, 2.45) is 0 Å². The number of aromatic nitrogens is 2. The van der Waals surface area contributed by atoms with Gasteiger partial charge in [0.05, 0.1) is 0 Å². The number of aryl methyl sites for hydroxylation is 1. The molecule has 0 aliphatic rings. The molecule has 0 aliphatic heterocycles. The quantitative estimate of drug-likeness (QED) is 0.859. The molecule has 4 heteroatoms. The van der Waals surface area contributed by atoms with E-state index < -0.39 is 0 Å². The molecule has 2 aromatic rings. The summed E-state index contributed by atoms with van der Waals surface area (Å²) in [5, 5.41) is 2.02. The lowest BCUT2D eigenvalue weighted by atomic mass is 10.3. The van der Waals surface area contributed by atoms with Crippen LogP contribution in [0.15, 0.2) is 28.4 Å². The van der Waals surface area contributed by atoms with Gasteiger partial charge in [0.15, 0.2) is 0 Å². The van der Waals surface area contributed by atoms with E-state index in [2.05, 4.69) is 9.97 Å². The molecule has 0 aromatic carbocycles. The molecule has 0 spiro atoms. The minimum Gasteiger partial charge on any atom is -0.310 e. The molecule has 2 rings (SSSR count). The molecular weight excluding hydrogens is 208 g/mol. The first kappa shape index (κ1) is 10.1. The van der Waals surface area contributed by atoms with Crippen LogP contribution in [0.5, 0.6) is 0 Å². The lowest BCUT2D eigenvalue weighted by molar-refractivity contribution is 0.894. The Hall–Kier alpha value is -1.42. The molecule has 78 valence electrons. The van der Waals surface area contributed by atoms with Gasteiger partial charge in [0.1, 0.15) is 5.82 Å². The molecule has 0 fully saturated rings. The predicted octanol–water partition coefficient (Wildman–Crippen LogP) is 1.98. The highest BCUT2D eigenvalue weighted by Crippen LogP contribution is 2.11. The van der Waals surface area contributed by atoms with Crippen LogP contribution in [0.2, 0.25) is 0 Å². The van der Waals surface area contributed by atoms with Crippen LogP contribution >= 0.6 is 11.3 Å². The Kier molecular flexibility index (Phi) is 2.97. The molecule has 2 heterocycles. The summed E-state index contributed by atoms with van der Waals surface area (Å²) >= 11 is 1.68. The summed E-state index contributed by atoms with van der Waals surface area (Å²) in [5.41, 5.74) is 0.790. The molecule has 0 radical (unpaired) electrons. The van der Waals surface area contributed by atoms with Crippen molar-refractivity contribution in [2.75, 3.05) is 0 Å². The zero-order valence-corrected chi connectivity index (χ0v) is 9.30. The summed E-state index contributed by atoms with van der Waals surface area (Å²) in [5.74, 6) is 0.752. The van der Waals surface area contributed by atoms with Crippen LogP contribution in [0.1, 0.15) is 23.3 Å². The minimum atomic E-state index is -0.0617. The molecule has 0 saturated carbocycles. The van der Waals surface area contributed by atoms with Crippen molar-refractivity contribution in [1.29, 1.82) is 0 Å². The van der Waals surface area contributed by atoms with Gasteiger partial charge in [-0.1, -0.05) is 13.0 Å². The average Bonchev–Trinajstić information content (AvgIpc) is 2.69. The Morgan fingerprint density at radius 2 is 2.40 bits per heavy atom. The maximum absolute atomic E-state index is 11.3. The largest absolute Gasteiger partial charge is 0.310 e. The number of nitrogens with one attached hydrogen (secondary N) is 1. The maximum atomic E-state index is 11.3. The van der Waals surface area contributed by atoms with Gasteiger partial charge in [0.25, 0.3) is 5.56 Å². The fraction of sp³-hybridized carbons (Fsp3) is 0.273. The second-order valence-corrected chi connectivity index (χ2v) is 4.33. The van der Waals surface area contributed by atoms with Crippen LogP contribution in [0.3, 0.4) is 0 Å². The highest BCUT2D eigenvalue weighted by atomic mass is 32.1. The molecular formula is C11H12N2OS. The third kappa shape index (κ3) is 2.53. The highest BCUT2D eigenvalue weighted by molar-refractivity contribution is 7.09. The van der Waals surface area contributed by atoms with E-state index in [0.29, 0.717) is 6.42 Å². The number of rotatable bonds is 3. The Morgan fingerprint density at radius 1 is 1.53 bits per heavy atom. The van der Waals surface area contributed by atoms with E-state index in [1.54, 1.807) is 17.4 Å². The van der Waals surface area contributed by atoms with E-state index in [1.807, 2.05) is 24.4 Å². The van der Waals surface area contributed by atoms with Gasteiger partial charge >= 0.3 is 0 Å². The Morgan fingerprint density at radius 3 is 3.07 bits per heavy atom. The van der Waals surface area contributed by atoms with Gasteiger partial charge in [-0.25, -0.2) is 4.98 Å². The fourth-order valence-corrected chi connectivity index (χ4v) is 2.12. The van der Waals surface area contributed by atoms with Crippen LogP contribution in [-0.4, -0.2) is 9.97 Å². The molecule has 0 unspecified atom stereocenters. The van der Waals surface area contributed by atoms with Crippen molar-refractivity contribution in [1.82, 2.24) is 9.97 Å². The summed E-state index contributed by atoms with van der Waals surface area (Å²) in [4.78, 5) is 19.7. The SMILES string of the molecule is CCc1cc(=O)[nH]c(Cc2cccs2)n1. The Balaban J connectivity index is 2.28. The number of aromatic amines is 1. The molecule has 0 atom stereocenters. The van der Waals surface area contributed by atoms with Crippen LogP contribution in [-0.2, 0) is 12.8 Å². The summed E-state index contributed by atoms with van der Waals surface area (Å²) in [6, 6.07) is 5.60. The van der Waals surface area contributed by atoms with Crippen molar-refractivity contribution >= 4 is 11.3 Å². The van der Waals surface area contributed by atoms with Crippen molar-refractivity contribution in [3.8, 4) is 0 Å². The summed E-state index contributed by atoms with van der Waals surface area (Å²) in [6.07, 6.45) is 1.50. The normalized spacial score (nSPS) is 10.5. The van der Waals surface area contributed by atoms with Crippen molar-refractivity contribution < 1.29 is 0 Å². The smallest absolute Gasteiger partial charge is 0.251 e. The third-order valence-electron chi connectivity index (χ3n) is 2.13. The molecule has 15 heavy (non-hydrogen) atoms. The standard InChI is InChI=1S/C11H12N2OS/c1-2-8-6-11(14)13-10(12-8)7-9-4-3-5-15-9/h3-6H,2,7H2,1H3,(H,12,13,14). The van der Waals surface area contributed by atoms with E-state index in [-0.39, 0.29) is 5.56 Å². The van der Waals surface area contributed by atoms with Gasteiger partial charge in [0.2, 0.25) is 0 Å². The van der Waals surface area contributed by atoms with Crippen molar-refractivity contribution in [2.45, 2.75) is 19.8 Å². The molecule has 1 N–H and O–H groups in total. The second kappa shape index (κ2) is 4.40. The van der Waals surface area contributed by atoms with E-state index in [4.69, 9.17) is 0 Å². The number of H-pyrrole nitrogens is 1. The van der Waals surface area contributed by atoms with E-state index in [0.717, 1.165) is 17.9 Å². The van der Waals surface area contributed by atoms with Gasteiger partial charge in [-0.15, -0.1) is 11.3 Å². The Bertz CT molecular complexity index is 488. The first-order valence-electron chi connectivity index (χ1n) is 4.89. The molecule has 0 bridgehead atoms. The van der Waals surface area contributed by atoms with Crippen LogP contribution in [0, 0.1) is 0 Å². The fourth-order valence-electron chi connectivity index (χ4n) is 1.41. The van der Waals surface area contributed by atoms with E-state index >= 15 is 0 Å². The third-order valence-corrected chi connectivity index (χ3v) is 3.00. The topological polar surface area (TPSA) is 45.8 Å². The lowest BCUT2D eigenvalue weighted by Gasteiger charge is -2.00. The highest BCUT2D eigenvalue weighted by Gasteiger charge is 2.02. The van der Waals surface area contributed by atoms with Gasteiger partial charge in [-0.3, -0.25) is 4.79 Å². The van der Waals surface area contributed by atoms with Gasteiger partial charge in [-0.05, 0) is 17.9 Å². The minimum absolute atomic E-state index is 0.0617. The van der Waals surface area contributed by atoms with Crippen LogP contribution in [0.25, 0.3) is 0 Å². The van der Waals surface area contributed by atoms with Crippen molar-refractivity contribution in [3.63, 3.8) is 0 Å². The van der Waals surface area contributed by atoms with E-state index in [1.165, 1.54) is 4.88 Å². The number of thiophene rings is 1. The monoisotopic (exact) mass is 220 g/mol. The first-order chi connectivity index (χ1) is 7.28. The van der Waals surface area contributed by atoms with Gasteiger partial charge < -0.3 is 4.98 Å². The molecule has 2 aromatic heterocycles. The van der Waals surface area contributed by atoms with Crippen LogP contribution in [0.4, 0.5) is 0 Å². The number of nitrogens with zero attached hydrogens (tertiary/aromatic N) is 1. The zero-order valence-electron chi connectivity index (χ0n) is 8.49.